The fraction of sp³-hybridized carbons (Fsp3) is 0.526. The van der Waals surface area contributed by atoms with Gasteiger partial charge in [0.2, 0.25) is 0 Å². The fourth-order valence-electron chi connectivity index (χ4n) is 4.25. The number of aryl methyl sites for hydroxylation is 1. The predicted molar refractivity (Wildman–Crippen MR) is 98.9 cm³/mol. The van der Waals surface area contributed by atoms with Gasteiger partial charge in [0, 0.05) is 31.7 Å². The molecule has 2 aliphatic heterocycles. The van der Waals surface area contributed by atoms with E-state index in [0.717, 1.165) is 63.6 Å². The first-order valence-electron chi connectivity index (χ1n) is 9.55. The largest absolute Gasteiger partial charge is 0.312 e. The highest BCUT2D eigenvalue weighted by molar-refractivity contribution is 5.41. The van der Waals surface area contributed by atoms with Gasteiger partial charge in [0.05, 0.1) is 18.4 Å². The average molecular weight is 351 g/mol. The van der Waals surface area contributed by atoms with Crippen molar-refractivity contribution in [1.82, 2.24) is 34.4 Å². The van der Waals surface area contributed by atoms with Gasteiger partial charge in [0.15, 0.2) is 0 Å². The van der Waals surface area contributed by atoms with Crippen molar-refractivity contribution in [2.45, 2.75) is 45.3 Å². The third-order valence-corrected chi connectivity index (χ3v) is 5.72. The van der Waals surface area contributed by atoms with E-state index in [4.69, 9.17) is 0 Å². The van der Waals surface area contributed by atoms with Crippen LogP contribution in [0.4, 0.5) is 0 Å². The van der Waals surface area contributed by atoms with Crippen molar-refractivity contribution >= 4 is 5.65 Å². The van der Waals surface area contributed by atoms with Crippen LogP contribution in [0.1, 0.15) is 41.7 Å². The van der Waals surface area contributed by atoms with E-state index in [9.17, 15) is 0 Å². The van der Waals surface area contributed by atoms with Crippen LogP contribution in [-0.2, 0) is 19.6 Å². The lowest BCUT2D eigenvalue weighted by molar-refractivity contribution is 0.197. The van der Waals surface area contributed by atoms with E-state index in [1.165, 1.54) is 17.1 Å². The summed E-state index contributed by atoms with van der Waals surface area (Å²) in [6.45, 7) is 8.15. The molecule has 0 atom stereocenters. The SMILES string of the molecule is Cc1ccc2ncc(CN3CCC(c4nnc5n4CCNC5)CC3)n2c1. The van der Waals surface area contributed by atoms with Gasteiger partial charge in [0.25, 0.3) is 0 Å². The molecule has 7 heteroatoms. The molecule has 1 fully saturated rings. The number of piperidine rings is 1. The molecule has 26 heavy (non-hydrogen) atoms. The molecular weight excluding hydrogens is 326 g/mol. The molecule has 3 aromatic rings. The summed E-state index contributed by atoms with van der Waals surface area (Å²) in [5, 5.41) is 12.3. The van der Waals surface area contributed by atoms with E-state index in [1.807, 2.05) is 6.20 Å². The molecule has 0 radical (unpaired) electrons. The molecule has 2 aliphatic rings. The van der Waals surface area contributed by atoms with Crippen LogP contribution >= 0.6 is 0 Å². The molecule has 1 N–H and O–H groups in total. The number of nitrogens with zero attached hydrogens (tertiary/aromatic N) is 6. The van der Waals surface area contributed by atoms with Crippen molar-refractivity contribution in [3.63, 3.8) is 0 Å². The van der Waals surface area contributed by atoms with Crippen LogP contribution in [0, 0.1) is 6.92 Å². The molecule has 0 aromatic carbocycles. The average Bonchev–Trinajstić information content (AvgIpc) is 3.27. The summed E-state index contributed by atoms with van der Waals surface area (Å²) in [6, 6.07) is 4.21. The van der Waals surface area contributed by atoms with Crippen LogP contribution in [0.3, 0.4) is 0 Å². The first kappa shape index (κ1) is 16.0. The number of imidazole rings is 1. The maximum atomic E-state index is 4.54. The maximum absolute atomic E-state index is 4.54. The summed E-state index contributed by atoms with van der Waals surface area (Å²) < 4.78 is 4.56. The number of aromatic nitrogens is 5. The lowest BCUT2D eigenvalue weighted by Gasteiger charge is -2.31. The van der Waals surface area contributed by atoms with Crippen molar-refractivity contribution in [3.05, 3.63) is 47.4 Å². The highest BCUT2D eigenvalue weighted by Gasteiger charge is 2.27. The van der Waals surface area contributed by atoms with Gasteiger partial charge in [-0.1, -0.05) is 6.07 Å². The fourth-order valence-corrected chi connectivity index (χ4v) is 4.25. The lowest BCUT2D eigenvalue weighted by atomic mass is 9.95. The number of likely N-dealkylation sites (tertiary alicyclic amines) is 1. The van der Waals surface area contributed by atoms with Crippen molar-refractivity contribution in [3.8, 4) is 0 Å². The highest BCUT2D eigenvalue weighted by atomic mass is 15.3. The van der Waals surface area contributed by atoms with Gasteiger partial charge in [-0.05, 0) is 44.5 Å². The van der Waals surface area contributed by atoms with Crippen LogP contribution in [-0.4, -0.2) is 48.7 Å². The van der Waals surface area contributed by atoms with Crippen LogP contribution in [0.15, 0.2) is 24.5 Å². The number of fused-ring (bicyclic) bond motifs is 2. The van der Waals surface area contributed by atoms with Gasteiger partial charge < -0.3 is 14.3 Å². The first-order valence-corrected chi connectivity index (χ1v) is 9.55. The Morgan fingerprint density at radius 2 is 2.04 bits per heavy atom. The standard InChI is InChI=1S/C19H25N7/c1-14-2-3-17-21-10-16(26(17)12-14)13-24-7-4-15(5-8-24)19-23-22-18-11-20-6-9-25(18)19/h2-3,10,12,15,20H,4-9,11,13H2,1H3. The van der Waals surface area contributed by atoms with E-state index in [-0.39, 0.29) is 0 Å². The summed E-state index contributed by atoms with van der Waals surface area (Å²) in [5.74, 6) is 2.83. The number of hydrogen-bond acceptors (Lipinski definition) is 5. The molecule has 0 aliphatic carbocycles. The minimum atomic E-state index is 0.537. The Kier molecular flexibility index (Phi) is 3.98. The smallest absolute Gasteiger partial charge is 0.147 e. The van der Waals surface area contributed by atoms with Gasteiger partial charge in [-0.3, -0.25) is 4.90 Å². The zero-order chi connectivity index (χ0) is 17.5. The summed E-state index contributed by atoms with van der Waals surface area (Å²) in [6.07, 6.45) is 6.51. The van der Waals surface area contributed by atoms with Crippen LogP contribution < -0.4 is 5.32 Å². The topological polar surface area (TPSA) is 63.3 Å². The normalized spacial score (nSPS) is 19.1. The number of nitrogens with one attached hydrogen (secondary N) is 1. The molecule has 0 bridgehead atoms. The third-order valence-electron chi connectivity index (χ3n) is 5.72. The summed E-state index contributed by atoms with van der Waals surface area (Å²) >= 11 is 0. The Morgan fingerprint density at radius 3 is 2.92 bits per heavy atom. The van der Waals surface area contributed by atoms with Gasteiger partial charge in [-0.2, -0.15) is 0 Å². The number of pyridine rings is 1. The quantitative estimate of drug-likeness (QED) is 0.778. The van der Waals surface area contributed by atoms with Crippen molar-refractivity contribution < 1.29 is 0 Å². The second-order valence-corrected chi connectivity index (χ2v) is 7.54. The molecule has 0 unspecified atom stereocenters. The van der Waals surface area contributed by atoms with Crippen molar-refractivity contribution in [2.75, 3.05) is 19.6 Å². The molecule has 0 saturated carbocycles. The minimum Gasteiger partial charge on any atom is -0.312 e. The molecule has 136 valence electrons. The molecular formula is C19H25N7. The van der Waals surface area contributed by atoms with Gasteiger partial charge in [-0.15, -0.1) is 10.2 Å². The molecule has 1 saturated heterocycles. The molecule has 0 amide bonds. The Morgan fingerprint density at radius 1 is 1.15 bits per heavy atom. The Labute approximate surface area is 153 Å². The molecule has 5 rings (SSSR count). The zero-order valence-corrected chi connectivity index (χ0v) is 15.2. The molecule has 5 heterocycles. The molecule has 0 spiro atoms. The van der Waals surface area contributed by atoms with E-state index in [1.54, 1.807) is 0 Å². The Bertz CT molecular complexity index is 917. The Hall–Kier alpha value is -2.25. The van der Waals surface area contributed by atoms with Crippen molar-refractivity contribution in [2.24, 2.45) is 0 Å². The first-order chi connectivity index (χ1) is 12.8. The maximum Gasteiger partial charge on any atom is 0.147 e. The second kappa shape index (κ2) is 6.48. The third kappa shape index (κ3) is 2.81. The summed E-state index contributed by atoms with van der Waals surface area (Å²) in [4.78, 5) is 7.08. The van der Waals surface area contributed by atoms with Crippen molar-refractivity contribution in [1.29, 1.82) is 0 Å². The van der Waals surface area contributed by atoms with Gasteiger partial charge >= 0.3 is 0 Å². The van der Waals surface area contributed by atoms with E-state index < -0.39 is 0 Å². The van der Waals surface area contributed by atoms with E-state index in [2.05, 4.69) is 59.6 Å². The number of hydrogen-bond donors (Lipinski definition) is 1. The zero-order valence-electron chi connectivity index (χ0n) is 15.2. The number of rotatable bonds is 3. The van der Waals surface area contributed by atoms with E-state index >= 15 is 0 Å². The highest BCUT2D eigenvalue weighted by Crippen LogP contribution is 2.28. The summed E-state index contributed by atoms with van der Waals surface area (Å²) in [7, 11) is 0. The predicted octanol–water partition coefficient (Wildman–Crippen LogP) is 1.72. The minimum absolute atomic E-state index is 0.537. The Balaban J connectivity index is 1.27. The van der Waals surface area contributed by atoms with Gasteiger partial charge in [0.1, 0.15) is 17.3 Å². The van der Waals surface area contributed by atoms with Crippen LogP contribution in [0.5, 0.6) is 0 Å². The van der Waals surface area contributed by atoms with E-state index in [0.29, 0.717) is 5.92 Å². The van der Waals surface area contributed by atoms with Gasteiger partial charge in [-0.25, -0.2) is 4.98 Å². The monoisotopic (exact) mass is 351 g/mol. The van der Waals surface area contributed by atoms with Crippen LogP contribution in [0.2, 0.25) is 0 Å². The molecule has 3 aromatic heterocycles. The molecule has 7 nitrogen and oxygen atoms in total. The van der Waals surface area contributed by atoms with Crippen LogP contribution in [0.25, 0.3) is 5.65 Å². The summed E-state index contributed by atoms with van der Waals surface area (Å²) in [5.41, 5.74) is 3.57. The lowest BCUT2D eigenvalue weighted by Crippen LogP contribution is -2.35. The second-order valence-electron chi connectivity index (χ2n) is 7.54.